The number of hydrogen-bond acceptors (Lipinski definition) is 2. The Hall–Kier alpha value is -1.80. The summed E-state index contributed by atoms with van der Waals surface area (Å²) in [5.74, 6) is 1.07. The van der Waals surface area contributed by atoms with E-state index < -0.39 is 0 Å². The lowest BCUT2D eigenvalue weighted by Gasteiger charge is -2.12. The monoisotopic (exact) mass is 239 g/mol. The normalized spacial score (nSPS) is 13.2. The Morgan fingerprint density at radius 1 is 1.06 bits per heavy atom. The van der Waals surface area contributed by atoms with Gasteiger partial charge in [-0.1, -0.05) is 42.5 Å². The SMILES string of the molecule is CNCc1ccccc1-c1cccc2c1OCC2. The topological polar surface area (TPSA) is 21.3 Å². The summed E-state index contributed by atoms with van der Waals surface area (Å²) in [6.45, 7) is 1.68. The second kappa shape index (κ2) is 4.83. The summed E-state index contributed by atoms with van der Waals surface area (Å²) in [6.07, 6.45) is 1.03. The molecule has 0 atom stereocenters. The van der Waals surface area contributed by atoms with Crippen LogP contribution in [0.1, 0.15) is 11.1 Å². The molecule has 3 rings (SSSR count). The molecule has 0 bridgehead atoms. The van der Waals surface area contributed by atoms with Crippen LogP contribution in [0.25, 0.3) is 11.1 Å². The van der Waals surface area contributed by atoms with E-state index in [1.807, 2.05) is 7.05 Å². The van der Waals surface area contributed by atoms with Gasteiger partial charge < -0.3 is 10.1 Å². The standard InChI is InChI=1S/C16H17NO/c1-17-11-13-5-2-3-7-14(13)15-8-4-6-12-9-10-18-16(12)15/h2-8,17H,9-11H2,1H3. The smallest absolute Gasteiger partial charge is 0.130 e. The van der Waals surface area contributed by atoms with Crippen molar-refractivity contribution in [3.8, 4) is 16.9 Å². The number of para-hydroxylation sites is 1. The summed E-state index contributed by atoms with van der Waals surface area (Å²) in [6, 6.07) is 14.9. The molecular formula is C16H17NO. The van der Waals surface area contributed by atoms with Gasteiger partial charge in [0.15, 0.2) is 0 Å². The number of hydrogen-bond donors (Lipinski definition) is 1. The molecule has 0 saturated heterocycles. The maximum Gasteiger partial charge on any atom is 0.130 e. The van der Waals surface area contributed by atoms with Gasteiger partial charge in [0.25, 0.3) is 0 Å². The van der Waals surface area contributed by atoms with Crippen LogP contribution in [0.5, 0.6) is 5.75 Å². The zero-order valence-corrected chi connectivity index (χ0v) is 10.6. The third kappa shape index (κ3) is 1.89. The molecule has 92 valence electrons. The second-order valence-electron chi connectivity index (χ2n) is 4.58. The van der Waals surface area contributed by atoms with Crippen molar-refractivity contribution in [3.05, 3.63) is 53.6 Å². The fourth-order valence-corrected chi connectivity index (χ4v) is 2.55. The Morgan fingerprint density at radius 3 is 2.78 bits per heavy atom. The van der Waals surface area contributed by atoms with Gasteiger partial charge >= 0.3 is 0 Å². The first kappa shape index (κ1) is 11.3. The molecule has 0 unspecified atom stereocenters. The van der Waals surface area contributed by atoms with E-state index in [0.29, 0.717) is 0 Å². The van der Waals surface area contributed by atoms with Crippen LogP contribution in [0.3, 0.4) is 0 Å². The molecule has 0 fully saturated rings. The Bertz CT molecular complexity index is 563. The second-order valence-corrected chi connectivity index (χ2v) is 4.58. The highest BCUT2D eigenvalue weighted by Gasteiger charge is 2.18. The summed E-state index contributed by atoms with van der Waals surface area (Å²) < 4.78 is 5.80. The van der Waals surface area contributed by atoms with Crippen molar-refractivity contribution < 1.29 is 4.74 Å². The van der Waals surface area contributed by atoms with Gasteiger partial charge in [-0.05, 0) is 23.7 Å². The number of fused-ring (bicyclic) bond motifs is 1. The van der Waals surface area contributed by atoms with E-state index >= 15 is 0 Å². The van der Waals surface area contributed by atoms with Crippen molar-refractivity contribution in [1.29, 1.82) is 0 Å². The molecule has 1 aliphatic heterocycles. The Kier molecular flexibility index (Phi) is 3.03. The Balaban J connectivity index is 2.13. The molecule has 0 saturated carbocycles. The number of ether oxygens (including phenoxy) is 1. The molecule has 0 amide bonds. The summed E-state index contributed by atoms with van der Waals surface area (Å²) in [5.41, 5.74) is 5.12. The zero-order chi connectivity index (χ0) is 12.4. The molecule has 1 N–H and O–H groups in total. The van der Waals surface area contributed by atoms with Crippen LogP contribution in [-0.2, 0) is 13.0 Å². The molecule has 1 heterocycles. The van der Waals surface area contributed by atoms with Crippen molar-refractivity contribution in [1.82, 2.24) is 5.32 Å². The summed E-state index contributed by atoms with van der Waals surface area (Å²) in [4.78, 5) is 0. The van der Waals surface area contributed by atoms with E-state index in [-0.39, 0.29) is 0 Å². The molecule has 2 aromatic rings. The molecular weight excluding hydrogens is 222 g/mol. The average Bonchev–Trinajstić information content (AvgIpc) is 2.88. The van der Waals surface area contributed by atoms with E-state index in [4.69, 9.17) is 4.74 Å². The maximum atomic E-state index is 5.80. The van der Waals surface area contributed by atoms with Gasteiger partial charge in [-0.3, -0.25) is 0 Å². The van der Waals surface area contributed by atoms with Gasteiger partial charge in [-0.2, -0.15) is 0 Å². The third-order valence-electron chi connectivity index (χ3n) is 3.39. The molecule has 18 heavy (non-hydrogen) atoms. The first-order valence-electron chi connectivity index (χ1n) is 6.37. The highest BCUT2D eigenvalue weighted by atomic mass is 16.5. The number of rotatable bonds is 3. The molecule has 0 aromatic heterocycles. The van der Waals surface area contributed by atoms with E-state index in [2.05, 4.69) is 47.8 Å². The highest BCUT2D eigenvalue weighted by Crippen LogP contribution is 2.38. The van der Waals surface area contributed by atoms with Crippen molar-refractivity contribution in [2.24, 2.45) is 0 Å². The first-order valence-corrected chi connectivity index (χ1v) is 6.37. The number of benzene rings is 2. The molecule has 2 heteroatoms. The van der Waals surface area contributed by atoms with Crippen molar-refractivity contribution in [3.63, 3.8) is 0 Å². The van der Waals surface area contributed by atoms with Crippen LogP contribution in [-0.4, -0.2) is 13.7 Å². The minimum atomic E-state index is 0.806. The van der Waals surface area contributed by atoms with Crippen LogP contribution in [0.4, 0.5) is 0 Å². The van der Waals surface area contributed by atoms with Gasteiger partial charge in [-0.15, -0.1) is 0 Å². The lowest BCUT2D eigenvalue weighted by atomic mass is 9.97. The first-order chi connectivity index (χ1) is 8.90. The van der Waals surface area contributed by atoms with Gasteiger partial charge in [0.05, 0.1) is 6.61 Å². The predicted molar refractivity (Wildman–Crippen MR) is 73.8 cm³/mol. The Labute approximate surface area is 108 Å². The van der Waals surface area contributed by atoms with E-state index in [1.165, 1.54) is 22.3 Å². The van der Waals surface area contributed by atoms with Crippen molar-refractivity contribution >= 4 is 0 Å². The third-order valence-corrected chi connectivity index (χ3v) is 3.39. The van der Waals surface area contributed by atoms with E-state index in [1.54, 1.807) is 0 Å². The van der Waals surface area contributed by atoms with Crippen molar-refractivity contribution in [2.75, 3.05) is 13.7 Å². The van der Waals surface area contributed by atoms with Gasteiger partial charge in [0, 0.05) is 18.5 Å². The fraction of sp³-hybridized carbons (Fsp3) is 0.250. The van der Waals surface area contributed by atoms with Gasteiger partial charge in [0.1, 0.15) is 5.75 Å². The molecule has 0 spiro atoms. The highest BCUT2D eigenvalue weighted by molar-refractivity contribution is 5.75. The quantitative estimate of drug-likeness (QED) is 0.889. The predicted octanol–water partition coefficient (Wildman–Crippen LogP) is 3.01. The van der Waals surface area contributed by atoms with Crippen LogP contribution in [0, 0.1) is 0 Å². The Morgan fingerprint density at radius 2 is 1.89 bits per heavy atom. The molecule has 2 aromatic carbocycles. The molecule has 2 nitrogen and oxygen atoms in total. The van der Waals surface area contributed by atoms with Crippen LogP contribution in [0.2, 0.25) is 0 Å². The van der Waals surface area contributed by atoms with Crippen LogP contribution < -0.4 is 10.1 Å². The van der Waals surface area contributed by atoms with Crippen molar-refractivity contribution in [2.45, 2.75) is 13.0 Å². The molecule has 0 radical (unpaired) electrons. The summed E-state index contributed by atoms with van der Waals surface area (Å²) in [5, 5.41) is 3.22. The minimum absolute atomic E-state index is 0.806. The molecule has 0 aliphatic carbocycles. The average molecular weight is 239 g/mol. The zero-order valence-electron chi connectivity index (χ0n) is 10.6. The van der Waals surface area contributed by atoms with E-state index in [9.17, 15) is 0 Å². The van der Waals surface area contributed by atoms with E-state index in [0.717, 1.165) is 25.3 Å². The largest absolute Gasteiger partial charge is 0.492 e. The van der Waals surface area contributed by atoms with Crippen LogP contribution >= 0.6 is 0 Å². The van der Waals surface area contributed by atoms with Gasteiger partial charge in [-0.25, -0.2) is 0 Å². The fourth-order valence-electron chi connectivity index (χ4n) is 2.55. The lowest BCUT2D eigenvalue weighted by Crippen LogP contribution is -2.06. The summed E-state index contributed by atoms with van der Waals surface area (Å²) >= 11 is 0. The molecule has 1 aliphatic rings. The maximum absolute atomic E-state index is 5.80. The van der Waals surface area contributed by atoms with Crippen LogP contribution in [0.15, 0.2) is 42.5 Å². The summed E-state index contributed by atoms with van der Waals surface area (Å²) in [7, 11) is 1.97. The lowest BCUT2D eigenvalue weighted by molar-refractivity contribution is 0.358. The number of nitrogens with one attached hydrogen (secondary N) is 1. The minimum Gasteiger partial charge on any atom is -0.492 e. The van der Waals surface area contributed by atoms with Gasteiger partial charge in [0.2, 0.25) is 0 Å².